The molecule has 0 aliphatic carbocycles. The number of fused-ring (bicyclic) bond motifs is 1. The van der Waals surface area contributed by atoms with E-state index in [9.17, 15) is 0 Å². The van der Waals surface area contributed by atoms with E-state index >= 15 is 0 Å². The Kier molecular flexibility index (Phi) is 3.04. The van der Waals surface area contributed by atoms with Gasteiger partial charge in [0.25, 0.3) is 0 Å². The quantitative estimate of drug-likeness (QED) is 0.710. The lowest BCUT2D eigenvalue weighted by molar-refractivity contribution is 0.316. The molecule has 19 heavy (non-hydrogen) atoms. The Labute approximate surface area is 113 Å². The van der Waals surface area contributed by atoms with Crippen molar-refractivity contribution in [2.24, 2.45) is 0 Å². The van der Waals surface area contributed by atoms with Gasteiger partial charge in [-0.25, -0.2) is 9.61 Å². The summed E-state index contributed by atoms with van der Waals surface area (Å²) in [5, 5.41) is 14.1. The molecular weight excluding hydrogens is 262 g/mol. The highest BCUT2D eigenvalue weighted by molar-refractivity contribution is 7.09. The van der Waals surface area contributed by atoms with Gasteiger partial charge < -0.3 is 11.1 Å². The Morgan fingerprint density at radius 3 is 2.95 bits per heavy atom. The largest absolute Gasteiger partial charge is 0.397 e. The van der Waals surface area contributed by atoms with Gasteiger partial charge in [-0.1, -0.05) is 0 Å². The highest BCUT2D eigenvalue weighted by atomic mass is 32.1. The summed E-state index contributed by atoms with van der Waals surface area (Å²) in [6, 6.07) is 3.68. The van der Waals surface area contributed by atoms with E-state index in [1.165, 1.54) is 0 Å². The van der Waals surface area contributed by atoms with Gasteiger partial charge in [0.15, 0.2) is 11.0 Å². The molecule has 0 fully saturated rings. The Balaban J connectivity index is 1.72. The molecular formula is C12H13N5OS. The summed E-state index contributed by atoms with van der Waals surface area (Å²) in [5.74, 6) is 0. The first-order valence-corrected chi connectivity index (χ1v) is 6.77. The summed E-state index contributed by atoms with van der Waals surface area (Å²) >= 11 is 1.66. The summed E-state index contributed by atoms with van der Waals surface area (Å²) in [6.07, 6.45) is 0.863. The van der Waals surface area contributed by atoms with Gasteiger partial charge in [-0.05, 0) is 29.4 Å². The van der Waals surface area contributed by atoms with Crippen LogP contribution in [0.15, 0.2) is 22.1 Å². The van der Waals surface area contributed by atoms with Crippen LogP contribution in [0.25, 0.3) is 11.0 Å². The van der Waals surface area contributed by atoms with E-state index in [0.29, 0.717) is 16.7 Å². The molecule has 0 aliphatic rings. The van der Waals surface area contributed by atoms with Crippen LogP contribution in [-0.2, 0) is 6.42 Å². The number of rotatable bonds is 4. The SMILES string of the molecule is Cc1nc(CCNc2ccc(N)c3nonc23)cs1. The molecule has 98 valence electrons. The number of nitrogen functional groups attached to an aromatic ring is 1. The molecule has 2 heterocycles. The molecule has 3 aromatic rings. The van der Waals surface area contributed by atoms with E-state index in [-0.39, 0.29) is 0 Å². The predicted molar refractivity (Wildman–Crippen MR) is 75.3 cm³/mol. The Morgan fingerprint density at radius 1 is 1.32 bits per heavy atom. The minimum Gasteiger partial charge on any atom is -0.397 e. The summed E-state index contributed by atoms with van der Waals surface area (Å²) in [5.41, 5.74) is 9.58. The van der Waals surface area contributed by atoms with Crippen molar-refractivity contribution in [3.05, 3.63) is 28.2 Å². The minimum atomic E-state index is 0.567. The fourth-order valence-electron chi connectivity index (χ4n) is 1.88. The molecule has 0 aliphatic heterocycles. The van der Waals surface area contributed by atoms with E-state index in [1.807, 2.05) is 13.0 Å². The van der Waals surface area contributed by atoms with Crippen molar-refractivity contribution in [1.29, 1.82) is 0 Å². The van der Waals surface area contributed by atoms with Crippen molar-refractivity contribution in [3.8, 4) is 0 Å². The Morgan fingerprint density at radius 2 is 2.16 bits per heavy atom. The van der Waals surface area contributed by atoms with Gasteiger partial charge >= 0.3 is 0 Å². The van der Waals surface area contributed by atoms with Gasteiger partial charge in [0.2, 0.25) is 0 Å². The average Bonchev–Trinajstić information content (AvgIpc) is 3.02. The topological polar surface area (TPSA) is 89.9 Å². The fraction of sp³-hybridized carbons (Fsp3) is 0.250. The number of aryl methyl sites for hydroxylation is 1. The molecule has 0 unspecified atom stereocenters. The van der Waals surface area contributed by atoms with Crippen LogP contribution in [0, 0.1) is 6.92 Å². The molecule has 0 radical (unpaired) electrons. The third-order valence-corrected chi connectivity index (χ3v) is 3.63. The lowest BCUT2D eigenvalue weighted by atomic mass is 10.2. The predicted octanol–water partition coefficient (Wildman–Crippen LogP) is 2.22. The van der Waals surface area contributed by atoms with Crippen molar-refractivity contribution in [1.82, 2.24) is 15.3 Å². The van der Waals surface area contributed by atoms with Gasteiger partial charge in [0, 0.05) is 18.3 Å². The zero-order valence-corrected chi connectivity index (χ0v) is 11.2. The van der Waals surface area contributed by atoms with E-state index in [2.05, 4.69) is 26.0 Å². The zero-order valence-electron chi connectivity index (χ0n) is 10.4. The van der Waals surface area contributed by atoms with E-state index in [0.717, 1.165) is 29.4 Å². The molecule has 0 atom stereocenters. The number of thiazole rings is 1. The number of nitrogens with one attached hydrogen (secondary N) is 1. The molecule has 7 heteroatoms. The molecule has 0 saturated carbocycles. The fourth-order valence-corrected chi connectivity index (χ4v) is 2.52. The average molecular weight is 275 g/mol. The first-order valence-electron chi connectivity index (χ1n) is 5.89. The highest BCUT2D eigenvalue weighted by Gasteiger charge is 2.09. The number of aromatic nitrogens is 3. The normalized spacial score (nSPS) is 11.0. The van der Waals surface area contributed by atoms with Crippen LogP contribution < -0.4 is 11.1 Å². The van der Waals surface area contributed by atoms with Crippen molar-refractivity contribution in [2.45, 2.75) is 13.3 Å². The molecule has 0 spiro atoms. The number of benzene rings is 1. The molecule has 0 bridgehead atoms. The smallest absolute Gasteiger partial charge is 0.160 e. The van der Waals surface area contributed by atoms with Crippen LogP contribution in [0.4, 0.5) is 11.4 Å². The molecule has 3 N–H and O–H groups in total. The van der Waals surface area contributed by atoms with Crippen molar-refractivity contribution < 1.29 is 4.63 Å². The van der Waals surface area contributed by atoms with E-state index in [1.54, 1.807) is 17.4 Å². The third-order valence-electron chi connectivity index (χ3n) is 2.81. The molecule has 0 saturated heterocycles. The van der Waals surface area contributed by atoms with Crippen LogP contribution in [0.2, 0.25) is 0 Å². The van der Waals surface area contributed by atoms with Crippen molar-refractivity contribution in [2.75, 3.05) is 17.6 Å². The Hall–Kier alpha value is -2.15. The molecule has 0 amide bonds. The van der Waals surface area contributed by atoms with Crippen molar-refractivity contribution >= 4 is 33.7 Å². The molecule has 2 aromatic heterocycles. The molecule has 1 aromatic carbocycles. The first-order chi connectivity index (χ1) is 9.24. The maximum atomic E-state index is 5.79. The van der Waals surface area contributed by atoms with Crippen LogP contribution in [0.1, 0.15) is 10.7 Å². The monoisotopic (exact) mass is 275 g/mol. The second-order valence-corrected chi connectivity index (χ2v) is 5.26. The van der Waals surface area contributed by atoms with Gasteiger partial charge in [-0.3, -0.25) is 0 Å². The summed E-state index contributed by atoms with van der Waals surface area (Å²) in [7, 11) is 0. The molecule has 3 rings (SSSR count). The van der Waals surface area contributed by atoms with Gasteiger partial charge in [-0.2, -0.15) is 0 Å². The number of nitrogens with zero attached hydrogens (tertiary/aromatic N) is 3. The maximum absolute atomic E-state index is 5.79. The van der Waals surface area contributed by atoms with Crippen LogP contribution in [0.5, 0.6) is 0 Å². The summed E-state index contributed by atoms with van der Waals surface area (Å²) in [4.78, 5) is 4.42. The first kappa shape index (κ1) is 11.9. The highest BCUT2D eigenvalue weighted by Crippen LogP contribution is 2.25. The van der Waals surface area contributed by atoms with Gasteiger partial charge in [0.05, 0.1) is 22.1 Å². The maximum Gasteiger partial charge on any atom is 0.160 e. The number of hydrogen-bond donors (Lipinski definition) is 2. The number of anilines is 2. The van der Waals surface area contributed by atoms with E-state index in [4.69, 9.17) is 10.4 Å². The standard InChI is InChI=1S/C12H13N5OS/c1-7-15-8(6-19-7)4-5-14-10-3-2-9(13)11-12(10)17-18-16-11/h2-3,6,14H,4-5,13H2,1H3. The lowest BCUT2D eigenvalue weighted by Gasteiger charge is -2.05. The second-order valence-electron chi connectivity index (χ2n) is 4.20. The van der Waals surface area contributed by atoms with Crippen LogP contribution in [-0.4, -0.2) is 21.8 Å². The third kappa shape index (κ3) is 2.37. The van der Waals surface area contributed by atoms with Crippen LogP contribution in [0.3, 0.4) is 0 Å². The summed E-state index contributed by atoms with van der Waals surface area (Å²) in [6.45, 7) is 2.78. The van der Waals surface area contributed by atoms with Gasteiger partial charge in [0.1, 0.15) is 0 Å². The number of hydrogen-bond acceptors (Lipinski definition) is 7. The minimum absolute atomic E-state index is 0.567. The van der Waals surface area contributed by atoms with E-state index < -0.39 is 0 Å². The summed E-state index contributed by atoms with van der Waals surface area (Å²) < 4.78 is 4.72. The van der Waals surface area contributed by atoms with Gasteiger partial charge in [-0.15, -0.1) is 11.3 Å². The van der Waals surface area contributed by atoms with Crippen LogP contribution >= 0.6 is 11.3 Å². The Bertz CT molecular complexity index is 705. The zero-order chi connectivity index (χ0) is 13.2. The molecule has 6 nitrogen and oxygen atoms in total. The number of nitrogens with two attached hydrogens (primary N) is 1. The van der Waals surface area contributed by atoms with Crippen molar-refractivity contribution in [3.63, 3.8) is 0 Å². The lowest BCUT2D eigenvalue weighted by Crippen LogP contribution is -2.06. The second kappa shape index (κ2) is 4.85.